The number of nitrogen functional groups attached to an aromatic ring is 1. The molecule has 8 heteroatoms. The van der Waals surface area contributed by atoms with E-state index in [0.29, 0.717) is 56.6 Å². The molecule has 0 aliphatic carbocycles. The highest BCUT2D eigenvalue weighted by molar-refractivity contribution is 5.96. The third-order valence-corrected chi connectivity index (χ3v) is 7.20. The molecule has 36 heavy (non-hydrogen) atoms. The van der Waals surface area contributed by atoms with Gasteiger partial charge in [0.2, 0.25) is 5.91 Å². The van der Waals surface area contributed by atoms with Gasteiger partial charge in [-0.05, 0) is 42.0 Å². The zero-order valence-corrected chi connectivity index (χ0v) is 20.7. The molecule has 2 heterocycles. The summed E-state index contributed by atoms with van der Waals surface area (Å²) in [4.78, 5) is 40.5. The molecule has 190 valence electrons. The average Bonchev–Trinajstić information content (AvgIpc) is 2.89. The van der Waals surface area contributed by atoms with Crippen molar-refractivity contribution in [1.82, 2.24) is 9.80 Å². The number of benzene rings is 2. The molecule has 8 nitrogen and oxygen atoms in total. The maximum absolute atomic E-state index is 13.0. The second kappa shape index (κ2) is 11.4. The molecule has 0 radical (unpaired) electrons. The highest BCUT2D eigenvalue weighted by Crippen LogP contribution is 2.25. The molecule has 2 aliphatic rings. The van der Waals surface area contributed by atoms with Crippen LogP contribution in [-0.2, 0) is 14.3 Å². The Kier molecular flexibility index (Phi) is 8.03. The van der Waals surface area contributed by atoms with Gasteiger partial charge in [0, 0.05) is 63.5 Å². The summed E-state index contributed by atoms with van der Waals surface area (Å²) in [5.41, 5.74) is 8.83. The maximum atomic E-state index is 13.0. The predicted octanol–water partition coefficient (Wildman–Crippen LogP) is 3.43. The van der Waals surface area contributed by atoms with Crippen LogP contribution in [0.25, 0.3) is 11.1 Å². The fourth-order valence-corrected chi connectivity index (χ4v) is 4.93. The SMILES string of the molecule is CC(=O)N1CCC(OC(=O)CC2CCN(C(=O)c3ccc(-c4ccc(C(=N)N)cc4)cc3)CC2)CC1. The van der Waals surface area contributed by atoms with E-state index in [1.165, 1.54) is 0 Å². The van der Waals surface area contributed by atoms with Gasteiger partial charge in [-0.3, -0.25) is 19.8 Å². The van der Waals surface area contributed by atoms with Crippen molar-refractivity contribution < 1.29 is 19.1 Å². The molecule has 2 aromatic rings. The molecule has 2 fully saturated rings. The highest BCUT2D eigenvalue weighted by Gasteiger charge is 2.28. The zero-order valence-electron chi connectivity index (χ0n) is 20.7. The number of hydrogen-bond donors (Lipinski definition) is 2. The molecule has 0 atom stereocenters. The number of nitrogens with two attached hydrogens (primary N) is 1. The Labute approximate surface area is 211 Å². The molecule has 0 unspecified atom stereocenters. The van der Waals surface area contributed by atoms with E-state index in [9.17, 15) is 14.4 Å². The molecule has 0 saturated carbocycles. The largest absolute Gasteiger partial charge is 0.462 e. The number of piperidine rings is 2. The van der Waals surface area contributed by atoms with Crippen LogP contribution in [0, 0.1) is 11.3 Å². The lowest BCUT2D eigenvalue weighted by Gasteiger charge is -2.33. The van der Waals surface area contributed by atoms with Gasteiger partial charge in [0.05, 0.1) is 0 Å². The molecule has 3 N–H and O–H groups in total. The molecule has 2 aromatic carbocycles. The molecular formula is C28H34N4O4. The first-order chi connectivity index (χ1) is 17.3. The van der Waals surface area contributed by atoms with Gasteiger partial charge in [-0.1, -0.05) is 36.4 Å². The number of nitrogens with zero attached hydrogens (tertiary/aromatic N) is 2. The Balaban J connectivity index is 1.23. The number of nitrogens with one attached hydrogen (secondary N) is 1. The van der Waals surface area contributed by atoms with Crippen LogP contribution in [0.2, 0.25) is 0 Å². The smallest absolute Gasteiger partial charge is 0.306 e. The van der Waals surface area contributed by atoms with E-state index in [1.807, 2.05) is 53.4 Å². The number of carbonyl (C=O) groups is 3. The summed E-state index contributed by atoms with van der Waals surface area (Å²) in [6.07, 6.45) is 3.23. The van der Waals surface area contributed by atoms with Crippen LogP contribution in [0.1, 0.15) is 54.9 Å². The summed E-state index contributed by atoms with van der Waals surface area (Å²) in [5, 5.41) is 7.50. The summed E-state index contributed by atoms with van der Waals surface area (Å²) in [7, 11) is 0. The second-order valence-electron chi connectivity index (χ2n) is 9.70. The minimum atomic E-state index is -0.173. The number of amidine groups is 1. The predicted molar refractivity (Wildman–Crippen MR) is 138 cm³/mol. The lowest BCUT2D eigenvalue weighted by atomic mass is 9.93. The number of rotatable bonds is 6. The number of ether oxygens (including phenoxy) is 1. The molecular weight excluding hydrogens is 456 g/mol. The van der Waals surface area contributed by atoms with Crippen molar-refractivity contribution in [2.45, 2.75) is 45.1 Å². The normalized spacial score (nSPS) is 17.0. The van der Waals surface area contributed by atoms with Crippen LogP contribution < -0.4 is 5.73 Å². The van der Waals surface area contributed by atoms with Crippen LogP contribution >= 0.6 is 0 Å². The molecule has 0 bridgehead atoms. The van der Waals surface area contributed by atoms with Gasteiger partial charge >= 0.3 is 5.97 Å². The summed E-state index contributed by atoms with van der Waals surface area (Å²) in [6, 6.07) is 15.0. The van der Waals surface area contributed by atoms with Gasteiger partial charge in [0.25, 0.3) is 5.91 Å². The zero-order chi connectivity index (χ0) is 25.7. The number of amides is 2. The van der Waals surface area contributed by atoms with Gasteiger partial charge in [-0.15, -0.1) is 0 Å². The first kappa shape index (κ1) is 25.4. The second-order valence-corrected chi connectivity index (χ2v) is 9.70. The topological polar surface area (TPSA) is 117 Å². The first-order valence-electron chi connectivity index (χ1n) is 12.6. The van der Waals surface area contributed by atoms with Crippen LogP contribution in [0.3, 0.4) is 0 Å². The summed E-state index contributed by atoms with van der Waals surface area (Å²) in [6.45, 7) is 4.10. The van der Waals surface area contributed by atoms with Crippen LogP contribution in [0.4, 0.5) is 0 Å². The van der Waals surface area contributed by atoms with Crippen molar-refractivity contribution in [2.24, 2.45) is 11.7 Å². The van der Waals surface area contributed by atoms with Crippen molar-refractivity contribution in [3.8, 4) is 11.1 Å². The number of hydrogen-bond acceptors (Lipinski definition) is 5. The van der Waals surface area contributed by atoms with Crippen LogP contribution in [0.15, 0.2) is 48.5 Å². The quantitative estimate of drug-likeness (QED) is 0.366. The van der Waals surface area contributed by atoms with Gasteiger partial charge in [-0.25, -0.2) is 0 Å². The number of carbonyl (C=O) groups excluding carboxylic acids is 3. The molecule has 4 rings (SSSR count). The number of likely N-dealkylation sites (tertiary alicyclic amines) is 2. The van der Waals surface area contributed by atoms with Crippen molar-refractivity contribution in [1.29, 1.82) is 5.41 Å². The van der Waals surface area contributed by atoms with Crippen molar-refractivity contribution >= 4 is 23.6 Å². The summed E-state index contributed by atoms with van der Waals surface area (Å²) < 4.78 is 5.66. The molecule has 0 aromatic heterocycles. The Morgan fingerprint density at radius 3 is 1.83 bits per heavy atom. The van der Waals surface area contributed by atoms with E-state index in [1.54, 1.807) is 11.8 Å². The highest BCUT2D eigenvalue weighted by atomic mass is 16.5. The van der Waals surface area contributed by atoms with E-state index in [4.69, 9.17) is 15.9 Å². The average molecular weight is 491 g/mol. The third-order valence-electron chi connectivity index (χ3n) is 7.20. The summed E-state index contributed by atoms with van der Waals surface area (Å²) >= 11 is 0. The molecule has 2 aliphatic heterocycles. The van der Waals surface area contributed by atoms with Crippen molar-refractivity contribution in [3.05, 3.63) is 59.7 Å². The maximum Gasteiger partial charge on any atom is 0.306 e. The Morgan fingerprint density at radius 1 is 0.833 bits per heavy atom. The van der Waals surface area contributed by atoms with Gasteiger partial charge < -0.3 is 20.3 Å². The fourth-order valence-electron chi connectivity index (χ4n) is 4.93. The van der Waals surface area contributed by atoms with Gasteiger partial charge in [-0.2, -0.15) is 0 Å². The van der Waals surface area contributed by atoms with Crippen LogP contribution in [-0.4, -0.2) is 65.7 Å². The lowest BCUT2D eigenvalue weighted by Crippen LogP contribution is -2.41. The van der Waals surface area contributed by atoms with Gasteiger partial charge in [0.1, 0.15) is 11.9 Å². The molecule has 2 saturated heterocycles. The standard InChI is InChI=1S/C28H34N4O4/c1-19(33)31-16-12-25(13-17-31)36-26(34)18-20-10-14-32(15-11-20)28(35)24-8-4-22(5-9-24)21-2-6-23(7-3-21)27(29)30/h2-9,20,25H,10-18H2,1H3,(H3,29,30). The van der Waals surface area contributed by atoms with Crippen molar-refractivity contribution in [2.75, 3.05) is 26.2 Å². The van der Waals surface area contributed by atoms with E-state index < -0.39 is 0 Å². The van der Waals surface area contributed by atoms with E-state index in [-0.39, 0.29) is 35.6 Å². The fraction of sp³-hybridized carbons (Fsp3) is 0.429. The Hall–Kier alpha value is -3.68. The monoisotopic (exact) mass is 490 g/mol. The molecule has 0 spiro atoms. The van der Waals surface area contributed by atoms with Gasteiger partial charge in [0.15, 0.2) is 0 Å². The van der Waals surface area contributed by atoms with Crippen LogP contribution in [0.5, 0.6) is 0 Å². The summed E-state index contributed by atoms with van der Waals surface area (Å²) in [5.74, 6) is 0.158. The Bertz CT molecular complexity index is 1100. The minimum Gasteiger partial charge on any atom is -0.462 e. The third kappa shape index (κ3) is 6.30. The van der Waals surface area contributed by atoms with E-state index >= 15 is 0 Å². The minimum absolute atomic E-state index is 0.00624. The number of esters is 1. The Morgan fingerprint density at radius 2 is 1.33 bits per heavy atom. The lowest BCUT2D eigenvalue weighted by molar-refractivity contribution is -0.153. The van der Waals surface area contributed by atoms with E-state index in [2.05, 4.69) is 0 Å². The molecule has 2 amide bonds. The van der Waals surface area contributed by atoms with Crippen molar-refractivity contribution in [3.63, 3.8) is 0 Å². The van der Waals surface area contributed by atoms with E-state index in [0.717, 1.165) is 24.0 Å². The first-order valence-corrected chi connectivity index (χ1v) is 12.6.